The van der Waals surface area contributed by atoms with Crippen LogP contribution in [0.4, 0.5) is 0 Å². The predicted molar refractivity (Wildman–Crippen MR) is 93.0 cm³/mol. The van der Waals surface area contributed by atoms with Crippen LogP contribution < -0.4 is 0 Å². The summed E-state index contributed by atoms with van der Waals surface area (Å²) in [6.45, 7) is 0. The van der Waals surface area contributed by atoms with Gasteiger partial charge in [0.15, 0.2) is 0 Å². The standard InChI is InChI=1S/C18H13Cl2NO3/c1-21-15(10-2-6-12(19)7-3-10)14(17(23)18(21)24)16(22)11-4-8-13(20)9-5-11/h2-9,15,22H,1H3/t15-/m0/s1. The van der Waals surface area contributed by atoms with Gasteiger partial charge in [0.05, 0.1) is 11.6 Å². The molecule has 24 heavy (non-hydrogen) atoms. The van der Waals surface area contributed by atoms with Crippen molar-refractivity contribution < 1.29 is 14.7 Å². The summed E-state index contributed by atoms with van der Waals surface area (Å²) in [5.74, 6) is -1.61. The average Bonchev–Trinajstić information content (AvgIpc) is 2.80. The molecule has 6 heteroatoms. The van der Waals surface area contributed by atoms with Crippen molar-refractivity contribution in [3.05, 3.63) is 75.3 Å². The van der Waals surface area contributed by atoms with Crippen LogP contribution in [0.1, 0.15) is 17.2 Å². The van der Waals surface area contributed by atoms with Gasteiger partial charge in [-0.25, -0.2) is 0 Å². The van der Waals surface area contributed by atoms with Crippen LogP contribution in [0, 0.1) is 0 Å². The second-order valence-corrected chi connectivity index (χ2v) is 6.34. The lowest BCUT2D eigenvalue weighted by Gasteiger charge is -2.21. The molecule has 1 aliphatic rings. The first-order valence-corrected chi connectivity index (χ1v) is 7.91. The first-order valence-electron chi connectivity index (χ1n) is 7.16. The van der Waals surface area contributed by atoms with Gasteiger partial charge in [0, 0.05) is 22.7 Å². The SMILES string of the molecule is CN1C(=O)C(=O)C(=C(O)c2ccc(Cl)cc2)[C@@H]1c1ccc(Cl)cc1. The fourth-order valence-corrected chi connectivity index (χ4v) is 3.00. The van der Waals surface area contributed by atoms with E-state index in [1.807, 2.05) is 0 Å². The van der Waals surface area contributed by atoms with E-state index in [9.17, 15) is 14.7 Å². The Morgan fingerprint density at radius 3 is 2.00 bits per heavy atom. The topological polar surface area (TPSA) is 57.6 Å². The number of aliphatic hydroxyl groups excluding tert-OH is 1. The van der Waals surface area contributed by atoms with Gasteiger partial charge >= 0.3 is 0 Å². The summed E-state index contributed by atoms with van der Waals surface area (Å²) in [6, 6.07) is 12.5. The normalized spacial score (nSPS) is 19.8. The lowest BCUT2D eigenvalue weighted by atomic mass is 9.95. The number of carbonyl (C=O) groups is 2. The molecule has 1 N–H and O–H groups in total. The molecule has 1 heterocycles. The Kier molecular flexibility index (Phi) is 4.35. The zero-order chi connectivity index (χ0) is 17.4. The summed E-state index contributed by atoms with van der Waals surface area (Å²) in [5, 5.41) is 11.7. The molecule has 2 aromatic carbocycles. The maximum absolute atomic E-state index is 12.4. The number of ketones is 1. The Labute approximate surface area is 148 Å². The van der Waals surface area contributed by atoms with Crippen LogP contribution in [0.5, 0.6) is 0 Å². The molecular formula is C18H13Cl2NO3. The number of aliphatic hydroxyl groups is 1. The smallest absolute Gasteiger partial charge is 0.295 e. The molecule has 1 saturated heterocycles. The second kappa shape index (κ2) is 6.30. The number of nitrogens with zero attached hydrogens (tertiary/aromatic N) is 1. The van der Waals surface area contributed by atoms with Crippen molar-refractivity contribution in [1.29, 1.82) is 0 Å². The van der Waals surface area contributed by atoms with E-state index in [-0.39, 0.29) is 11.3 Å². The second-order valence-electron chi connectivity index (χ2n) is 5.47. The molecule has 2 aromatic rings. The Balaban J connectivity index is 2.16. The molecule has 3 rings (SSSR count). The summed E-state index contributed by atoms with van der Waals surface area (Å²) in [4.78, 5) is 25.8. The van der Waals surface area contributed by atoms with E-state index in [1.165, 1.54) is 11.9 Å². The molecule has 0 bridgehead atoms. The number of carbonyl (C=O) groups excluding carboxylic acids is 2. The highest BCUT2D eigenvalue weighted by atomic mass is 35.5. The third-order valence-electron chi connectivity index (χ3n) is 3.98. The van der Waals surface area contributed by atoms with Crippen molar-refractivity contribution in [3.63, 3.8) is 0 Å². The van der Waals surface area contributed by atoms with Gasteiger partial charge in [0.25, 0.3) is 11.7 Å². The summed E-state index contributed by atoms with van der Waals surface area (Å²) < 4.78 is 0. The number of likely N-dealkylation sites (N-methyl/N-ethyl adjacent to an activating group) is 1. The highest BCUT2D eigenvalue weighted by Crippen LogP contribution is 2.38. The van der Waals surface area contributed by atoms with Crippen LogP contribution in [0.3, 0.4) is 0 Å². The third-order valence-corrected chi connectivity index (χ3v) is 4.48. The highest BCUT2D eigenvalue weighted by molar-refractivity contribution is 6.46. The van der Waals surface area contributed by atoms with Gasteiger partial charge in [0.2, 0.25) is 0 Å². The van der Waals surface area contributed by atoms with Gasteiger partial charge < -0.3 is 10.0 Å². The monoisotopic (exact) mass is 361 g/mol. The number of likely N-dealkylation sites (tertiary alicyclic amines) is 1. The number of Topliss-reactive ketones (excluding diaryl/α,β-unsaturated/α-hetero) is 1. The van der Waals surface area contributed by atoms with Crippen molar-refractivity contribution in [3.8, 4) is 0 Å². The minimum absolute atomic E-state index is 0.0483. The number of rotatable bonds is 2. The van der Waals surface area contributed by atoms with Crippen LogP contribution in [0.25, 0.3) is 5.76 Å². The maximum atomic E-state index is 12.4. The van der Waals surface area contributed by atoms with Gasteiger partial charge in [-0.15, -0.1) is 0 Å². The number of amides is 1. The molecule has 0 radical (unpaired) electrons. The first kappa shape index (κ1) is 16.6. The zero-order valence-corrected chi connectivity index (χ0v) is 14.2. The van der Waals surface area contributed by atoms with Crippen LogP contribution in [0.15, 0.2) is 54.1 Å². The van der Waals surface area contributed by atoms with Crippen LogP contribution in [-0.4, -0.2) is 28.7 Å². The van der Waals surface area contributed by atoms with Crippen molar-refractivity contribution in [1.82, 2.24) is 4.90 Å². The van der Waals surface area contributed by atoms with Crippen molar-refractivity contribution in [2.24, 2.45) is 0 Å². The molecule has 122 valence electrons. The summed E-state index contributed by atoms with van der Waals surface area (Å²) >= 11 is 11.8. The molecule has 0 aromatic heterocycles. The van der Waals surface area contributed by atoms with Crippen LogP contribution in [0.2, 0.25) is 10.0 Å². The molecule has 1 amide bonds. The van der Waals surface area contributed by atoms with Gasteiger partial charge in [-0.3, -0.25) is 9.59 Å². The molecule has 0 saturated carbocycles. The molecule has 4 nitrogen and oxygen atoms in total. The Morgan fingerprint density at radius 1 is 0.958 bits per heavy atom. The lowest BCUT2D eigenvalue weighted by molar-refractivity contribution is -0.139. The quantitative estimate of drug-likeness (QED) is 0.498. The molecule has 0 unspecified atom stereocenters. The van der Waals surface area contributed by atoms with Gasteiger partial charge in [-0.1, -0.05) is 35.3 Å². The summed E-state index contributed by atoms with van der Waals surface area (Å²) in [7, 11) is 1.53. The van der Waals surface area contributed by atoms with Crippen molar-refractivity contribution >= 4 is 40.7 Å². The minimum atomic E-state index is -0.718. The Bertz CT molecular complexity index is 842. The molecular weight excluding hydrogens is 349 g/mol. The fraction of sp³-hybridized carbons (Fsp3) is 0.111. The van der Waals surface area contributed by atoms with E-state index in [2.05, 4.69) is 0 Å². The first-order chi connectivity index (χ1) is 11.4. The number of benzene rings is 2. The summed E-state index contributed by atoms with van der Waals surface area (Å²) in [6.07, 6.45) is 0. The largest absolute Gasteiger partial charge is 0.507 e. The van der Waals surface area contributed by atoms with Gasteiger partial charge in [-0.05, 0) is 42.0 Å². The van der Waals surface area contributed by atoms with Crippen LogP contribution in [-0.2, 0) is 9.59 Å². The van der Waals surface area contributed by atoms with Gasteiger partial charge in [0.1, 0.15) is 5.76 Å². The molecule has 1 fully saturated rings. The number of hydrogen-bond acceptors (Lipinski definition) is 3. The molecule has 0 aliphatic carbocycles. The van der Waals surface area contributed by atoms with E-state index in [4.69, 9.17) is 23.2 Å². The average molecular weight is 362 g/mol. The van der Waals surface area contributed by atoms with Crippen LogP contribution >= 0.6 is 23.2 Å². The zero-order valence-electron chi connectivity index (χ0n) is 12.7. The summed E-state index contributed by atoms with van der Waals surface area (Å²) in [5.41, 5.74) is 1.16. The Hall–Kier alpha value is -2.30. The molecule has 1 aliphatic heterocycles. The number of hydrogen-bond donors (Lipinski definition) is 1. The Morgan fingerprint density at radius 2 is 1.46 bits per heavy atom. The number of halogens is 2. The lowest BCUT2D eigenvalue weighted by Crippen LogP contribution is -2.24. The third kappa shape index (κ3) is 2.79. The van der Waals surface area contributed by atoms with Gasteiger partial charge in [-0.2, -0.15) is 0 Å². The van der Waals surface area contributed by atoms with Crippen molar-refractivity contribution in [2.75, 3.05) is 7.05 Å². The van der Waals surface area contributed by atoms with E-state index in [1.54, 1.807) is 48.5 Å². The van der Waals surface area contributed by atoms with E-state index >= 15 is 0 Å². The molecule has 1 atom stereocenters. The molecule has 0 spiro atoms. The fourth-order valence-electron chi connectivity index (χ4n) is 2.75. The minimum Gasteiger partial charge on any atom is -0.507 e. The van der Waals surface area contributed by atoms with E-state index in [0.29, 0.717) is 21.2 Å². The highest BCUT2D eigenvalue weighted by Gasteiger charge is 2.44. The maximum Gasteiger partial charge on any atom is 0.295 e. The van der Waals surface area contributed by atoms with Crippen molar-refractivity contribution in [2.45, 2.75) is 6.04 Å². The van der Waals surface area contributed by atoms with E-state index < -0.39 is 17.7 Å². The van der Waals surface area contributed by atoms with E-state index in [0.717, 1.165) is 0 Å². The predicted octanol–water partition coefficient (Wildman–Crippen LogP) is 4.04.